The van der Waals surface area contributed by atoms with Gasteiger partial charge in [0, 0.05) is 19.5 Å². The van der Waals surface area contributed by atoms with Crippen LogP contribution < -0.4 is 0 Å². The normalized spacial score (nSPS) is 22.9. The first-order chi connectivity index (χ1) is 7.54. The molecule has 4 nitrogen and oxygen atoms in total. The highest BCUT2D eigenvalue weighted by Gasteiger charge is 2.28. The number of carbonyl (C=O) groups is 2. The fourth-order valence-electron chi connectivity index (χ4n) is 1.98. The molecule has 0 aliphatic carbocycles. The molecule has 0 spiro atoms. The molecule has 0 saturated carbocycles. The standard InChI is InChI=1S/C12H21NO3/c1-3-9(2)7-11(14)13-6-4-5-10(8-13)12(15)16/h9-10H,3-8H2,1-2H3,(H,15,16). The van der Waals surface area contributed by atoms with Crippen molar-refractivity contribution in [1.29, 1.82) is 0 Å². The maximum absolute atomic E-state index is 11.9. The van der Waals surface area contributed by atoms with E-state index in [9.17, 15) is 9.59 Å². The highest BCUT2D eigenvalue weighted by Crippen LogP contribution is 2.19. The van der Waals surface area contributed by atoms with Crippen LogP contribution in [0.25, 0.3) is 0 Å². The number of hydrogen-bond donors (Lipinski definition) is 1. The van der Waals surface area contributed by atoms with Crippen molar-refractivity contribution in [1.82, 2.24) is 4.90 Å². The van der Waals surface area contributed by atoms with Crippen LogP contribution in [0, 0.1) is 11.8 Å². The van der Waals surface area contributed by atoms with E-state index < -0.39 is 5.97 Å². The zero-order valence-corrected chi connectivity index (χ0v) is 10.1. The van der Waals surface area contributed by atoms with Crippen molar-refractivity contribution in [3.63, 3.8) is 0 Å². The summed E-state index contributed by atoms with van der Waals surface area (Å²) in [6.45, 7) is 5.23. The number of carboxylic acid groups (broad SMARTS) is 1. The summed E-state index contributed by atoms with van der Waals surface area (Å²) in [6, 6.07) is 0. The molecule has 1 fully saturated rings. The van der Waals surface area contributed by atoms with Crippen molar-refractivity contribution < 1.29 is 14.7 Å². The molecule has 4 heteroatoms. The molecule has 2 unspecified atom stereocenters. The second kappa shape index (κ2) is 5.87. The first-order valence-corrected chi connectivity index (χ1v) is 6.05. The summed E-state index contributed by atoms with van der Waals surface area (Å²) in [4.78, 5) is 24.4. The van der Waals surface area contributed by atoms with Gasteiger partial charge in [-0.15, -0.1) is 0 Å². The molecular weight excluding hydrogens is 206 g/mol. The third-order valence-corrected chi connectivity index (χ3v) is 3.34. The number of likely N-dealkylation sites (tertiary alicyclic amines) is 1. The van der Waals surface area contributed by atoms with Gasteiger partial charge in [0.15, 0.2) is 0 Å². The maximum atomic E-state index is 11.9. The predicted molar refractivity (Wildman–Crippen MR) is 61.0 cm³/mol. The minimum Gasteiger partial charge on any atom is -0.481 e. The Morgan fingerprint density at radius 2 is 2.19 bits per heavy atom. The number of amides is 1. The Balaban J connectivity index is 2.47. The van der Waals surface area contributed by atoms with Crippen LogP contribution in [0.5, 0.6) is 0 Å². The molecule has 1 amide bonds. The predicted octanol–water partition coefficient (Wildman–Crippen LogP) is 1.75. The summed E-state index contributed by atoms with van der Waals surface area (Å²) in [5, 5.41) is 8.93. The van der Waals surface area contributed by atoms with Gasteiger partial charge in [-0.05, 0) is 18.8 Å². The summed E-state index contributed by atoms with van der Waals surface area (Å²) >= 11 is 0. The van der Waals surface area contributed by atoms with Gasteiger partial charge in [0.2, 0.25) is 5.91 Å². The van der Waals surface area contributed by atoms with E-state index in [1.165, 1.54) is 0 Å². The van der Waals surface area contributed by atoms with Crippen molar-refractivity contribution >= 4 is 11.9 Å². The van der Waals surface area contributed by atoms with Gasteiger partial charge in [-0.1, -0.05) is 20.3 Å². The molecule has 2 atom stereocenters. The number of carbonyl (C=O) groups excluding carboxylic acids is 1. The SMILES string of the molecule is CCC(C)CC(=O)N1CCCC(C(=O)O)C1. The molecule has 1 N–H and O–H groups in total. The Labute approximate surface area is 96.6 Å². The Morgan fingerprint density at radius 1 is 1.50 bits per heavy atom. The molecule has 0 radical (unpaired) electrons. The first kappa shape index (κ1) is 13.0. The molecule has 0 aromatic rings. The monoisotopic (exact) mass is 227 g/mol. The second-order valence-corrected chi connectivity index (χ2v) is 4.73. The minimum absolute atomic E-state index is 0.111. The molecule has 0 aromatic heterocycles. The van der Waals surface area contributed by atoms with Crippen LogP contribution in [0.15, 0.2) is 0 Å². The Bertz CT molecular complexity index is 265. The van der Waals surface area contributed by atoms with Gasteiger partial charge in [-0.3, -0.25) is 9.59 Å². The topological polar surface area (TPSA) is 57.6 Å². The van der Waals surface area contributed by atoms with E-state index in [2.05, 4.69) is 13.8 Å². The van der Waals surface area contributed by atoms with E-state index >= 15 is 0 Å². The van der Waals surface area contributed by atoms with Gasteiger partial charge >= 0.3 is 5.97 Å². The summed E-state index contributed by atoms with van der Waals surface area (Å²) in [6.07, 6.45) is 3.04. The largest absolute Gasteiger partial charge is 0.481 e. The van der Waals surface area contributed by atoms with Gasteiger partial charge in [0.25, 0.3) is 0 Å². The number of rotatable bonds is 4. The summed E-state index contributed by atoms with van der Waals surface area (Å²) in [5.41, 5.74) is 0. The highest BCUT2D eigenvalue weighted by atomic mass is 16.4. The van der Waals surface area contributed by atoms with Crippen molar-refractivity contribution in [2.45, 2.75) is 39.5 Å². The molecule has 1 heterocycles. The number of nitrogens with zero attached hydrogens (tertiary/aromatic N) is 1. The van der Waals surface area contributed by atoms with E-state index in [1.807, 2.05) is 0 Å². The van der Waals surface area contributed by atoms with Crippen molar-refractivity contribution in [3.8, 4) is 0 Å². The van der Waals surface area contributed by atoms with E-state index in [0.29, 0.717) is 25.3 Å². The zero-order valence-electron chi connectivity index (χ0n) is 10.1. The van der Waals surface area contributed by atoms with Crippen LogP contribution in [0.3, 0.4) is 0 Å². The molecule has 16 heavy (non-hydrogen) atoms. The van der Waals surface area contributed by atoms with Crippen LogP contribution in [-0.4, -0.2) is 35.0 Å². The molecule has 0 bridgehead atoms. The van der Waals surface area contributed by atoms with Crippen molar-refractivity contribution in [3.05, 3.63) is 0 Å². The molecule has 1 aliphatic rings. The number of aliphatic carboxylic acids is 1. The molecule has 1 aliphatic heterocycles. The average molecular weight is 227 g/mol. The Hall–Kier alpha value is -1.06. The van der Waals surface area contributed by atoms with Gasteiger partial charge in [-0.25, -0.2) is 0 Å². The van der Waals surface area contributed by atoms with Gasteiger partial charge in [-0.2, -0.15) is 0 Å². The van der Waals surface area contributed by atoms with E-state index in [0.717, 1.165) is 19.4 Å². The quantitative estimate of drug-likeness (QED) is 0.796. The molecule has 0 aromatic carbocycles. The summed E-state index contributed by atoms with van der Waals surface area (Å²) < 4.78 is 0. The number of carboxylic acids is 1. The number of hydrogen-bond acceptors (Lipinski definition) is 2. The van der Waals surface area contributed by atoms with E-state index in [1.54, 1.807) is 4.90 Å². The van der Waals surface area contributed by atoms with E-state index in [4.69, 9.17) is 5.11 Å². The lowest BCUT2D eigenvalue weighted by Crippen LogP contribution is -2.42. The van der Waals surface area contributed by atoms with Gasteiger partial charge in [0.05, 0.1) is 5.92 Å². The smallest absolute Gasteiger partial charge is 0.308 e. The van der Waals surface area contributed by atoms with E-state index in [-0.39, 0.29) is 11.8 Å². The first-order valence-electron chi connectivity index (χ1n) is 6.05. The fraction of sp³-hybridized carbons (Fsp3) is 0.833. The van der Waals surface area contributed by atoms with Crippen LogP contribution in [0.1, 0.15) is 39.5 Å². The summed E-state index contributed by atoms with van der Waals surface area (Å²) in [5.74, 6) is -0.645. The lowest BCUT2D eigenvalue weighted by Gasteiger charge is -2.31. The highest BCUT2D eigenvalue weighted by molar-refractivity contribution is 5.78. The number of piperidine rings is 1. The third kappa shape index (κ3) is 3.51. The van der Waals surface area contributed by atoms with Crippen molar-refractivity contribution in [2.75, 3.05) is 13.1 Å². The zero-order chi connectivity index (χ0) is 12.1. The van der Waals surface area contributed by atoms with Crippen LogP contribution in [-0.2, 0) is 9.59 Å². The van der Waals surface area contributed by atoms with Gasteiger partial charge < -0.3 is 10.0 Å². The van der Waals surface area contributed by atoms with Gasteiger partial charge in [0.1, 0.15) is 0 Å². The lowest BCUT2D eigenvalue weighted by atomic mass is 9.97. The molecule has 1 rings (SSSR count). The molecule has 92 valence electrons. The summed E-state index contributed by atoms with van der Waals surface area (Å²) in [7, 11) is 0. The fourth-order valence-corrected chi connectivity index (χ4v) is 1.98. The molecule has 1 saturated heterocycles. The Kier molecular flexibility index (Phi) is 4.77. The minimum atomic E-state index is -0.777. The Morgan fingerprint density at radius 3 is 2.75 bits per heavy atom. The van der Waals surface area contributed by atoms with Crippen LogP contribution >= 0.6 is 0 Å². The lowest BCUT2D eigenvalue weighted by molar-refractivity contribution is -0.145. The average Bonchev–Trinajstić information content (AvgIpc) is 2.28. The maximum Gasteiger partial charge on any atom is 0.308 e. The van der Waals surface area contributed by atoms with Crippen molar-refractivity contribution in [2.24, 2.45) is 11.8 Å². The van der Waals surface area contributed by atoms with Crippen LogP contribution in [0.2, 0.25) is 0 Å². The molecular formula is C12H21NO3. The third-order valence-electron chi connectivity index (χ3n) is 3.34. The second-order valence-electron chi connectivity index (χ2n) is 4.73. The van der Waals surface area contributed by atoms with Crippen LogP contribution in [0.4, 0.5) is 0 Å².